The normalized spacial score (nSPS) is 15.2. The molecule has 0 radical (unpaired) electrons. The van der Waals surface area contributed by atoms with Crippen molar-refractivity contribution in [2.24, 2.45) is 5.92 Å². The molecule has 0 unspecified atom stereocenters. The minimum absolute atomic E-state index is 0.0284. The van der Waals surface area contributed by atoms with Crippen molar-refractivity contribution in [2.75, 3.05) is 18.4 Å². The second kappa shape index (κ2) is 6.34. The average Bonchev–Trinajstić information content (AvgIpc) is 2.35. The summed E-state index contributed by atoms with van der Waals surface area (Å²) in [6.07, 6.45) is 2.02. The van der Waals surface area contributed by atoms with Crippen molar-refractivity contribution in [3.05, 3.63) is 23.9 Å². The molecule has 22 heavy (non-hydrogen) atoms. The highest BCUT2D eigenvalue weighted by atomic mass is 16.6. The Morgan fingerprint density at radius 1 is 1.41 bits per heavy atom. The summed E-state index contributed by atoms with van der Waals surface area (Å²) >= 11 is 0. The highest BCUT2D eigenvalue weighted by molar-refractivity contribution is 5.96. The summed E-state index contributed by atoms with van der Waals surface area (Å²) < 4.78 is 5.17. The monoisotopic (exact) mass is 305 g/mol. The maximum Gasteiger partial charge on any atom is 0.413 e. The van der Waals surface area contributed by atoms with Crippen LogP contribution in [0.25, 0.3) is 0 Å². The van der Waals surface area contributed by atoms with Gasteiger partial charge in [0.1, 0.15) is 11.4 Å². The second-order valence-electron chi connectivity index (χ2n) is 6.54. The smallest absolute Gasteiger partial charge is 0.413 e. The predicted octanol–water partition coefficient (Wildman–Crippen LogP) is 2.91. The van der Waals surface area contributed by atoms with Gasteiger partial charge in [-0.3, -0.25) is 10.1 Å². The van der Waals surface area contributed by atoms with Gasteiger partial charge in [-0.15, -0.1) is 0 Å². The average molecular weight is 305 g/mol. The molecule has 6 heteroatoms. The third-order valence-electron chi connectivity index (χ3n) is 3.46. The van der Waals surface area contributed by atoms with E-state index in [1.54, 1.807) is 37.8 Å². The number of aromatic nitrogens is 1. The lowest BCUT2D eigenvalue weighted by Crippen LogP contribution is -2.49. The molecule has 0 aliphatic carbocycles. The lowest BCUT2D eigenvalue weighted by Gasteiger charge is -2.38. The van der Waals surface area contributed by atoms with Crippen molar-refractivity contribution < 1.29 is 14.3 Å². The molecule has 1 N–H and O–H groups in total. The second-order valence-corrected chi connectivity index (χ2v) is 6.54. The van der Waals surface area contributed by atoms with Crippen LogP contribution in [0.15, 0.2) is 18.3 Å². The number of nitrogens with one attached hydrogen (secondary N) is 1. The topological polar surface area (TPSA) is 71.5 Å². The molecular formula is C16H23N3O3. The van der Waals surface area contributed by atoms with E-state index in [1.165, 1.54) is 6.20 Å². The first-order valence-corrected chi connectivity index (χ1v) is 7.54. The number of carbonyl (C=O) groups is 2. The summed E-state index contributed by atoms with van der Waals surface area (Å²) in [5.74, 6) is 0.886. The van der Waals surface area contributed by atoms with Gasteiger partial charge in [0.2, 0.25) is 0 Å². The predicted molar refractivity (Wildman–Crippen MR) is 83.8 cm³/mol. The van der Waals surface area contributed by atoms with Crippen LogP contribution in [0.4, 0.5) is 10.6 Å². The summed E-state index contributed by atoms with van der Waals surface area (Å²) in [5.41, 5.74) is -0.0553. The van der Waals surface area contributed by atoms with Crippen LogP contribution >= 0.6 is 0 Å². The first kappa shape index (κ1) is 16.3. The van der Waals surface area contributed by atoms with Crippen LogP contribution in [-0.2, 0) is 4.74 Å². The van der Waals surface area contributed by atoms with Gasteiger partial charge < -0.3 is 9.64 Å². The molecule has 0 aromatic carbocycles. The molecule has 1 aliphatic heterocycles. The van der Waals surface area contributed by atoms with Crippen LogP contribution in [0.3, 0.4) is 0 Å². The number of amides is 2. The largest absolute Gasteiger partial charge is 0.444 e. The van der Waals surface area contributed by atoms with E-state index in [1.807, 2.05) is 0 Å². The lowest BCUT2D eigenvalue weighted by atomic mass is 9.96. The van der Waals surface area contributed by atoms with E-state index in [9.17, 15) is 9.59 Å². The number of hydrogen-bond donors (Lipinski definition) is 1. The van der Waals surface area contributed by atoms with E-state index in [2.05, 4.69) is 17.2 Å². The molecule has 0 spiro atoms. The molecule has 0 atom stereocenters. The highest BCUT2D eigenvalue weighted by Crippen LogP contribution is 2.21. The Bertz CT molecular complexity index is 560. The summed E-state index contributed by atoms with van der Waals surface area (Å²) in [4.78, 5) is 29.9. The quantitative estimate of drug-likeness (QED) is 0.932. The Balaban J connectivity index is 1.98. The van der Waals surface area contributed by atoms with Crippen molar-refractivity contribution in [3.63, 3.8) is 0 Å². The molecular weight excluding hydrogens is 282 g/mol. The van der Waals surface area contributed by atoms with Crippen molar-refractivity contribution in [3.8, 4) is 0 Å². The molecule has 2 amide bonds. The van der Waals surface area contributed by atoms with E-state index >= 15 is 0 Å². The summed E-state index contributed by atoms with van der Waals surface area (Å²) in [7, 11) is 0. The van der Waals surface area contributed by atoms with E-state index in [0.717, 1.165) is 19.5 Å². The molecule has 1 fully saturated rings. The zero-order valence-electron chi connectivity index (χ0n) is 13.5. The van der Waals surface area contributed by atoms with Crippen LogP contribution in [0.1, 0.15) is 44.5 Å². The van der Waals surface area contributed by atoms with Gasteiger partial charge in [0.05, 0.1) is 0 Å². The van der Waals surface area contributed by atoms with Gasteiger partial charge in [-0.2, -0.15) is 0 Å². The number of likely N-dealkylation sites (tertiary alicyclic amines) is 1. The van der Waals surface area contributed by atoms with Crippen molar-refractivity contribution in [1.29, 1.82) is 0 Å². The van der Waals surface area contributed by atoms with Crippen LogP contribution in [0.2, 0.25) is 0 Å². The molecule has 0 saturated carbocycles. The number of nitrogens with zero attached hydrogens (tertiary/aromatic N) is 2. The Hall–Kier alpha value is -2.11. The minimum atomic E-state index is -0.584. The van der Waals surface area contributed by atoms with Crippen LogP contribution in [0.5, 0.6) is 0 Å². The van der Waals surface area contributed by atoms with Crippen LogP contribution in [-0.4, -0.2) is 40.6 Å². The van der Waals surface area contributed by atoms with E-state index in [4.69, 9.17) is 4.74 Å². The van der Waals surface area contributed by atoms with E-state index in [-0.39, 0.29) is 5.91 Å². The highest BCUT2D eigenvalue weighted by Gasteiger charge is 2.30. The maximum atomic E-state index is 12.3. The van der Waals surface area contributed by atoms with Gasteiger partial charge in [-0.05, 0) is 45.2 Å². The van der Waals surface area contributed by atoms with Crippen molar-refractivity contribution >= 4 is 17.8 Å². The van der Waals surface area contributed by atoms with Gasteiger partial charge >= 0.3 is 6.09 Å². The van der Waals surface area contributed by atoms with Crippen molar-refractivity contribution in [1.82, 2.24) is 9.88 Å². The number of rotatable bonds is 3. The van der Waals surface area contributed by atoms with Gasteiger partial charge in [-0.25, -0.2) is 9.78 Å². The molecule has 0 bridgehead atoms. The molecule has 2 heterocycles. The van der Waals surface area contributed by atoms with Gasteiger partial charge in [-0.1, -0.05) is 6.92 Å². The molecule has 2 rings (SSSR count). The lowest BCUT2D eigenvalue weighted by molar-refractivity contribution is 0.0493. The van der Waals surface area contributed by atoms with E-state index < -0.39 is 11.7 Å². The Labute approximate surface area is 130 Å². The summed E-state index contributed by atoms with van der Waals surface area (Å²) in [6, 6.07) is 3.23. The first-order chi connectivity index (χ1) is 10.3. The molecule has 1 aromatic heterocycles. The number of anilines is 1. The summed E-state index contributed by atoms with van der Waals surface area (Å²) in [5, 5.41) is 2.55. The Morgan fingerprint density at radius 2 is 2.09 bits per heavy atom. The Kier molecular flexibility index (Phi) is 4.68. The fourth-order valence-corrected chi connectivity index (χ4v) is 2.22. The minimum Gasteiger partial charge on any atom is -0.444 e. The maximum absolute atomic E-state index is 12.3. The van der Waals surface area contributed by atoms with Crippen LogP contribution in [0, 0.1) is 5.92 Å². The molecule has 120 valence electrons. The summed E-state index contributed by atoms with van der Waals surface area (Å²) in [6.45, 7) is 9.08. The third-order valence-corrected chi connectivity index (χ3v) is 3.46. The first-order valence-electron chi connectivity index (χ1n) is 7.54. The molecule has 1 aliphatic rings. The van der Waals surface area contributed by atoms with Gasteiger partial charge in [0.15, 0.2) is 0 Å². The van der Waals surface area contributed by atoms with Gasteiger partial charge in [0, 0.05) is 24.8 Å². The molecule has 1 aromatic rings. The third kappa shape index (κ3) is 4.19. The van der Waals surface area contributed by atoms with Crippen molar-refractivity contribution in [2.45, 2.75) is 39.7 Å². The number of carbonyl (C=O) groups excluding carboxylic acids is 2. The zero-order chi connectivity index (χ0) is 16.3. The van der Waals surface area contributed by atoms with Crippen LogP contribution < -0.4 is 5.32 Å². The van der Waals surface area contributed by atoms with E-state index in [0.29, 0.717) is 17.3 Å². The zero-order valence-corrected chi connectivity index (χ0v) is 13.5. The van der Waals surface area contributed by atoms with Gasteiger partial charge in [0.25, 0.3) is 5.91 Å². The Morgan fingerprint density at radius 3 is 2.68 bits per heavy atom. The number of hydrogen-bond acceptors (Lipinski definition) is 4. The number of pyridine rings is 1. The number of ether oxygens (including phenoxy) is 1. The fourth-order valence-electron chi connectivity index (χ4n) is 2.22. The molecule has 1 saturated heterocycles. The fraction of sp³-hybridized carbons (Fsp3) is 0.562. The SMILES string of the molecule is CCC1CN(C(=O)c2ccnc(NC(=O)OC(C)(C)C)c2)C1. The molecule has 6 nitrogen and oxygen atoms in total. The standard InChI is InChI=1S/C16H23N3O3/c1-5-11-9-19(10-11)14(20)12-6-7-17-13(8-12)18-15(21)22-16(2,3)4/h6-8,11H,5,9-10H2,1-4H3,(H,17,18,21).